The van der Waals surface area contributed by atoms with Crippen molar-refractivity contribution in [3.63, 3.8) is 0 Å². The summed E-state index contributed by atoms with van der Waals surface area (Å²) in [6, 6.07) is 11.9. The number of H-pyrrole nitrogens is 1. The van der Waals surface area contributed by atoms with Gasteiger partial charge in [-0.3, -0.25) is 5.10 Å². The van der Waals surface area contributed by atoms with E-state index in [9.17, 15) is 0 Å². The van der Waals surface area contributed by atoms with E-state index in [1.54, 1.807) is 0 Å². The highest BCUT2D eigenvalue weighted by molar-refractivity contribution is 5.64. The monoisotopic (exact) mass is 183 g/mol. The highest BCUT2D eigenvalue weighted by Gasteiger charge is 2.08. The lowest BCUT2D eigenvalue weighted by atomic mass is 10.1. The molecule has 0 unspecified atom stereocenters. The lowest BCUT2D eigenvalue weighted by Crippen LogP contribution is -1.80. The van der Waals surface area contributed by atoms with Crippen LogP contribution in [0.5, 0.6) is 0 Å². The van der Waals surface area contributed by atoms with Gasteiger partial charge in [0.1, 0.15) is 6.07 Å². The molecule has 14 heavy (non-hydrogen) atoms. The molecule has 0 saturated carbocycles. The van der Waals surface area contributed by atoms with Crippen molar-refractivity contribution in [1.29, 1.82) is 5.26 Å². The van der Waals surface area contributed by atoms with Crippen molar-refractivity contribution in [2.75, 3.05) is 0 Å². The summed E-state index contributed by atoms with van der Waals surface area (Å²) in [6.07, 6.45) is 0. The van der Waals surface area contributed by atoms with Gasteiger partial charge in [0.25, 0.3) is 0 Å². The van der Waals surface area contributed by atoms with Crippen LogP contribution in [0.3, 0.4) is 0 Å². The van der Waals surface area contributed by atoms with Crippen LogP contribution in [-0.2, 0) is 0 Å². The molecule has 1 heterocycles. The molecular formula is C11H9N3. The Labute approximate surface area is 82.0 Å². The van der Waals surface area contributed by atoms with Gasteiger partial charge >= 0.3 is 0 Å². The van der Waals surface area contributed by atoms with Crippen molar-refractivity contribution >= 4 is 0 Å². The van der Waals surface area contributed by atoms with Gasteiger partial charge in [0.05, 0.1) is 5.69 Å². The topological polar surface area (TPSA) is 52.5 Å². The Morgan fingerprint density at radius 3 is 2.57 bits per heavy atom. The number of nitrogens with one attached hydrogen (secondary N) is 1. The van der Waals surface area contributed by atoms with Crippen molar-refractivity contribution in [2.45, 2.75) is 6.92 Å². The summed E-state index contributed by atoms with van der Waals surface area (Å²) in [4.78, 5) is 0. The van der Waals surface area contributed by atoms with Gasteiger partial charge in [0, 0.05) is 5.56 Å². The van der Waals surface area contributed by atoms with Crippen LogP contribution in [0.15, 0.2) is 30.3 Å². The maximum Gasteiger partial charge on any atom is 0.165 e. The lowest BCUT2D eigenvalue weighted by Gasteiger charge is -1.97. The third-order valence-corrected chi connectivity index (χ3v) is 2.18. The molecule has 2 rings (SSSR count). The van der Waals surface area contributed by atoms with Crippen LogP contribution < -0.4 is 0 Å². The molecule has 0 bridgehead atoms. The van der Waals surface area contributed by atoms with Crippen LogP contribution in [-0.4, -0.2) is 10.2 Å². The molecule has 3 heteroatoms. The maximum absolute atomic E-state index is 8.75. The summed E-state index contributed by atoms with van der Waals surface area (Å²) in [6.45, 7) is 1.89. The molecule has 1 N–H and O–H groups in total. The van der Waals surface area contributed by atoms with Crippen LogP contribution in [0.25, 0.3) is 11.3 Å². The van der Waals surface area contributed by atoms with Crippen LogP contribution >= 0.6 is 0 Å². The molecule has 0 fully saturated rings. The fourth-order valence-electron chi connectivity index (χ4n) is 1.39. The van der Waals surface area contributed by atoms with Crippen molar-refractivity contribution < 1.29 is 0 Å². The zero-order chi connectivity index (χ0) is 9.97. The maximum atomic E-state index is 8.75. The molecule has 0 aliphatic carbocycles. The lowest BCUT2D eigenvalue weighted by molar-refractivity contribution is 1.08. The third kappa shape index (κ3) is 1.27. The Balaban J connectivity index is 2.54. The van der Waals surface area contributed by atoms with Crippen molar-refractivity contribution in [1.82, 2.24) is 10.2 Å². The number of hydrogen-bond acceptors (Lipinski definition) is 2. The van der Waals surface area contributed by atoms with E-state index >= 15 is 0 Å². The van der Waals surface area contributed by atoms with E-state index in [1.165, 1.54) is 0 Å². The van der Waals surface area contributed by atoms with Gasteiger partial charge < -0.3 is 0 Å². The number of nitrogens with zero attached hydrogens (tertiary/aromatic N) is 2. The predicted octanol–water partition coefficient (Wildman–Crippen LogP) is 2.26. The Morgan fingerprint density at radius 2 is 2.00 bits per heavy atom. The molecule has 0 spiro atoms. The molecule has 0 aliphatic rings. The Bertz CT molecular complexity index is 477. The first-order valence-corrected chi connectivity index (χ1v) is 4.33. The summed E-state index contributed by atoms with van der Waals surface area (Å²) < 4.78 is 0. The zero-order valence-corrected chi connectivity index (χ0v) is 7.78. The van der Waals surface area contributed by atoms with E-state index in [-0.39, 0.29) is 0 Å². The van der Waals surface area contributed by atoms with Gasteiger partial charge in [-0.25, -0.2) is 0 Å². The molecule has 0 saturated heterocycles. The van der Waals surface area contributed by atoms with Gasteiger partial charge in [0.2, 0.25) is 0 Å². The minimum absolute atomic E-state index is 0.462. The van der Waals surface area contributed by atoms with E-state index in [0.717, 1.165) is 16.8 Å². The Kier molecular flexibility index (Phi) is 2.04. The highest BCUT2D eigenvalue weighted by Crippen LogP contribution is 2.21. The van der Waals surface area contributed by atoms with Crippen molar-refractivity contribution in [2.24, 2.45) is 0 Å². The Hall–Kier alpha value is -2.08. The minimum Gasteiger partial charge on any atom is -0.276 e. The molecular weight excluding hydrogens is 174 g/mol. The average Bonchev–Trinajstić information content (AvgIpc) is 2.61. The SMILES string of the molecule is Cc1c(C#N)n[nH]c1-c1ccccc1. The second-order valence-corrected chi connectivity index (χ2v) is 3.05. The number of rotatable bonds is 1. The van der Waals surface area contributed by atoms with E-state index in [2.05, 4.69) is 10.2 Å². The van der Waals surface area contributed by atoms with Gasteiger partial charge in [-0.15, -0.1) is 0 Å². The molecule has 0 atom stereocenters. The number of hydrogen-bond donors (Lipinski definition) is 1. The van der Waals surface area contributed by atoms with Crippen LogP contribution in [0, 0.1) is 18.3 Å². The highest BCUT2D eigenvalue weighted by atomic mass is 15.1. The van der Waals surface area contributed by atoms with Gasteiger partial charge in [-0.1, -0.05) is 30.3 Å². The first-order chi connectivity index (χ1) is 6.83. The van der Waals surface area contributed by atoms with Crippen LogP contribution in [0.1, 0.15) is 11.3 Å². The number of benzene rings is 1. The zero-order valence-electron chi connectivity index (χ0n) is 7.78. The van der Waals surface area contributed by atoms with Gasteiger partial charge in [0.15, 0.2) is 5.69 Å². The molecule has 1 aromatic heterocycles. The van der Waals surface area contributed by atoms with Crippen LogP contribution in [0.4, 0.5) is 0 Å². The molecule has 1 aromatic carbocycles. The minimum atomic E-state index is 0.462. The van der Waals surface area contributed by atoms with Crippen molar-refractivity contribution in [3.05, 3.63) is 41.6 Å². The van der Waals surface area contributed by atoms with E-state index in [4.69, 9.17) is 5.26 Å². The second kappa shape index (κ2) is 3.35. The van der Waals surface area contributed by atoms with Crippen LogP contribution in [0.2, 0.25) is 0 Å². The molecule has 0 radical (unpaired) electrons. The molecule has 0 amide bonds. The molecule has 68 valence electrons. The number of nitriles is 1. The fraction of sp³-hybridized carbons (Fsp3) is 0.0909. The first-order valence-electron chi connectivity index (χ1n) is 4.33. The summed E-state index contributed by atoms with van der Waals surface area (Å²) in [5, 5.41) is 15.5. The standard InChI is InChI=1S/C11H9N3/c1-8-10(7-12)13-14-11(8)9-5-3-2-4-6-9/h2-6H,1H3,(H,13,14). The first kappa shape index (κ1) is 8.52. The fourth-order valence-corrected chi connectivity index (χ4v) is 1.39. The summed E-state index contributed by atoms with van der Waals surface area (Å²) in [5.74, 6) is 0. The normalized spacial score (nSPS) is 9.71. The van der Waals surface area contributed by atoms with Crippen molar-refractivity contribution in [3.8, 4) is 17.3 Å². The quantitative estimate of drug-likeness (QED) is 0.737. The average molecular weight is 183 g/mol. The van der Waals surface area contributed by atoms with E-state index < -0.39 is 0 Å². The largest absolute Gasteiger partial charge is 0.276 e. The van der Waals surface area contributed by atoms with Gasteiger partial charge in [-0.2, -0.15) is 10.4 Å². The van der Waals surface area contributed by atoms with E-state index in [1.807, 2.05) is 43.3 Å². The second-order valence-electron chi connectivity index (χ2n) is 3.05. The molecule has 3 nitrogen and oxygen atoms in total. The smallest absolute Gasteiger partial charge is 0.165 e. The third-order valence-electron chi connectivity index (χ3n) is 2.18. The number of aromatic nitrogens is 2. The molecule has 0 aliphatic heterocycles. The molecule has 2 aromatic rings. The van der Waals surface area contributed by atoms with Gasteiger partial charge in [-0.05, 0) is 12.5 Å². The predicted molar refractivity (Wildman–Crippen MR) is 53.5 cm³/mol. The van der Waals surface area contributed by atoms with E-state index in [0.29, 0.717) is 5.69 Å². The summed E-state index contributed by atoms with van der Waals surface area (Å²) in [5.41, 5.74) is 3.34. The summed E-state index contributed by atoms with van der Waals surface area (Å²) in [7, 11) is 0. The summed E-state index contributed by atoms with van der Waals surface area (Å²) >= 11 is 0. The number of aromatic amines is 1. The Morgan fingerprint density at radius 1 is 1.29 bits per heavy atom.